The second-order valence-corrected chi connectivity index (χ2v) is 4.42. The van der Waals surface area contributed by atoms with Crippen LogP contribution in [0.3, 0.4) is 0 Å². The molecule has 0 radical (unpaired) electrons. The molecule has 1 aromatic carbocycles. The lowest BCUT2D eigenvalue weighted by atomic mass is 10.3. The number of phenols is 2. The first-order valence-corrected chi connectivity index (χ1v) is 6.66. The topological polar surface area (TPSA) is 115 Å². The van der Waals surface area contributed by atoms with Gasteiger partial charge in [0.15, 0.2) is 0 Å². The van der Waals surface area contributed by atoms with Crippen LogP contribution in [0.2, 0.25) is 0 Å². The van der Waals surface area contributed by atoms with Crippen LogP contribution in [-0.4, -0.2) is 72.3 Å². The second-order valence-electron chi connectivity index (χ2n) is 4.42. The van der Waals surface area contributed by atoms with Gasteiger partial charge in [-0.3, -0.25) is 0 Å². The number of ether oxygens (including phenoxy) is 3. The van der Waals surface area contributed by atoms with Crippen molar-refractivity contribution >= 4 is 0 Å². The summed E-state index contributed by atoms with van der Waals surface area (Å²) in [4.78, 5) is 0. The number of rotatable bonds is 5. The van der Waals surface area contributed by atoms with E-state index in [1.165, 1.54) is 18.2 Å². The Balaban J connectivity index is 0.000000171. The van der Waals surface area contributed by atoms with Crippen LogP contribution in [0.1, 0.15) is 0 Å². The lowest BCUT2D eigenvalue weighted by Crippen LogP contribution is -2.06. The van der Waals surface area contributed by atoms with Crippen molar-refractivity contribution in [3.05, 3.63) is 24.3 Å². The smallest absolute Gasteiger partial charge is 0.119 e. The predicted octanol–water partition coefficient (Wildman–Crippen LogP) is -0.131. The van der Waals surface area contributed by atoms with Crippen LogP contribution in [0.5, 0.6) is 11.5 Å². The number of hydrogen-bond donors (Lipinski definition) is 4. The Morgan fingerprint density at radius 3 is 1.62 bits per heavy atom. The molecule has 0 spiro atoms. The highest BCUT2D eigenvalue weighted by Crippen LogP contribution is 2.15. The fourth-order valence-electron chi connectivity index (χ4n) is 1.15. The zero-order valence-corrected chi connectivity index (χ0v) is 11.7. The van der Waals surface area contributed by atoms with Crippen LogP contribution < -0.4 is 0 Å². The van der Waals surface area contributed by atoms with Crippen LogP contribution in [0.15, 0.2) is 24.3 Å². The SMILES string of the molecule is C(OCC1CO1)C1CO1.OCCO.Oc1cccc(O)c1. The van der Waals surface area contributed by atoms with Crippen LogP contribution >= 0.6 is 0 Å². The Hall–Kier alpha value is -1.38. The van der Waals surface area contributed by atoms with E-state index in [9.17, 15) is 0 Å². The molecule has 7 nitrogen and oxygen atoms in total. The van der Waals surface area contributed by atoms with Gasteiger partial charge in [0.2, 0.25) is 0 Å². The summed E-state index contributed by atoms with van der Waals surface area (Å²) >= 11 is 0. The van der Waals surface area contributed by atoms with Gasteiger partial charge in [0.1, 0.15) is 23.7 Å². The number of aliphatic hydroxyl groups excluding tert-OH is 2. The summed E-state index contributed by atoms with van der Waals surface area (Å²) in [5, 5.41) is 32.6. The minimum atomic E-state index is -0.125. The molecule has 7 heteroatoms. The average molecular weight is 302 g/mol. The molecule has 2 aliphatic heterocycles. The molecule has 2 saturated heterocycles. The summed E-state index contributed by atoms with van der Waals surface area (Å²) in [5.41, 5.74) is 0. The normalized spacial score (nSPS) is 21.4. The van der Waals surface area contributed by atoms with Crippen molar-refractivity contribution in [2.45, 2.75) is 12.2 Å². The maximum absolute atomic E-state index is 8.65. The first kappa shape index (κ1) is 17.7. The van der Waals surface area contributed by atoms with Gasteiger partial charge in [-0.15, -0.1) is 0 Å². The summed E-state index contributed by atoms with van der Waals surface area (Å²) in [6.45, 7) is 3.01. The molecule has 0 amide bonds. The maximum Gasteiger partial charge on any atom is 0.119 e. The van der Waals surface area contributed by atoms with Gasteiger partial charge in [-0.25, -0.2) is 0 Å². The molecule has 2 heterocycles. The summed E-state index contributed by atoms with van der Waals surface area (Å²) in [6.07, 6.45) is 0.785. The summed E-state index contributed by atoms with van der Waals surface area (Å²) in [7, 11) is 0. The highest BCUT2D eigenvalue weighted by Gasteiger charge is 2.26. The quantitative estimate of drug-likeness (QED) is 0.560. The van der Waals surface area contributed by atoms with Gasteiger partial charge in [-0.2, -0.15) is 0 Å². The Morgan fingerprint density at radius 2 is 1.38 bits per heavy atom. The van der Waals surface area contributed by atoms with Crippen molar-refractivity contribution in [2.24, 2.45) is 0 Å². The van der Waals surface area contributed by atoms with E-state index >= 15 is 0 Å². The zero-order chi connectivity index (χ0) is 15.5. The van der Waals surface area contributed by atoms with E-state index in [0.717, 1.165) is 26.4 Å². The number of aromatic hydroxyl groups is 2. The maximum atomic E-state index is 8.65. The van der Waals surface area contributed by atoms with Crippen LogP contribution in [0.4, 0.5) is 0 Å². The number of aliphatic hydroxyl groups is 2. The predicted molar refractivity (Wildman–Crippen MR) is 74.2 cm³/mol. The molecular formula is C14H22O7. The molecule has 0 aliphatic carbocycles. The highest BCUT2D eigenvalue weighted by molar-refractivity contribution is 5.30. The molecule has 2 atom stereocenters. The average Bonchev–Trinajstić information content (AvgIpc) is 3.34. The Labute approximate surface area is 123 Å². The van der Waals surface area contributed by atoms with Crippen LogP contribution in [-0.2, 0) is 14.2 Å². The molecular weight excluding hydrogens is 280 g/mol. The van der Waals surface area contributed by atoms with Crippen molar-refractivity contribution in [3.63, 3.8) is 0 Å². The summed E-state index contributed by atoms with van der Waals surface area (Å²) < 4.78 is 15.1. The molecule has 120 valence electrons. The number of benzene rings is 1. The minimum Gasteiger partial charge on any atom is -0.508 e. The Bertz CT molecular complexity index is 346. The van der Waals surface area contributed by atoms with E-state index in [2.05, 4.69) is 0 Å². The first-order chi connectivity index (χ1) is 10.2. The number of phenolic OH excluding ortho intramolecular Hbond substituents is 2. The van der Waals surface area contributed by atoms with Gasteiger partial charge >= 0.3 is 0 Å². The van der Waals surface area contributed by atoms with Crippen LogP contribution in [0.25, 0.3) is 0 Å². The fourth-order valence-corrected chi connectivity index (χ4v) is 1.15. The van der Waals surface area contributed by atoms with Gasteiger partial charge in [0.05, 0.1) is 39.6 Å². The third kappa shape index (κ3) is 11.0. The van der Waals surface area contributed by atoms with Crippen molar-refractivity contribution in [2.75, 3.05) is 39.6 Å². The third-order valence-electron chi connectivity index (χ3n) is 2.34. The van der Waals surface area contributed by atoms with E-state index < -0.39 is 0 Å². The molecule has 3 rings (SSSR count). The van der Waals surface area contributed by atoms with Crippen molar-refractivity contribution in [3.8, 4) is 11.5 Å². The van der Waals surface area contributed by atoms with E-state index in [0.29, 0.717) is 12.2 Å². The minimum absolute atomic E-state index is 0.0880. The van der Waals surface area contributed by atoms with Crippen molar-refractivity contribution in [1.82, 2.24) is 0 Å². The molecule has 2 aliphatic rings. The molecule has 4 N–H and O–H groups in total. The van der Waals surface area contributed by atoms with Gasteiger partial charge < -0.3 is 34.6 Å². The van der Waals surface area contributed by atoms with E-state index in [4.69, 9.17) is 34.6 Å². The zero-order valence-electron chi connectivity index (χ0n) is 11.7. The van der Waals surface area contributed by atoms with Gasteiger partial charge in [-0.05, 0) is 12.1 Å². The molecule has 1 aromatic rings. The highest BCUT2D eigenvalue weighted by atomic mass is 16.6. The Morgan fingerprint density at radius 1 is 0.952 bits per heavy atom. The summed E-state index contributed by atoms with van der Waals surface area (Å²) in [5.74, 6) is 0.176. The third-order valence-corrected chi connectivity index (χ3v) is 2.34. The van der Waals surface area contributed by atoms with Gasteiger partial charge in [0.25, 0.3) is 0 Å². The molecule has 0 aromatic heterocycles. The lowest BCUT2D eigenvalue weighted by molar-refractivity contribution is 0.102. The Kier molecular flexibility index (Phi) is 8.72. The van der Waals surface area contributed by atoms with Gasteiger partial charge in [0, 0.05) is 6.07 Å². The largest absolute Gasteiger partial charge is 0.508 e. The van der Waals surface area contributed by atoms with Crippen molar-refractivity contribution < 1.29 is 34.6 Å². The lowest BCUT2D eigenvalue weighted by Gasteiger charge is -1.95. The summed E-state index contributed by atoms with van der Waals surface area (Å²) in [6, 6.07) is 5.85. The van der Waals surface area contributed by atoms with E-state index in [-0.39, 0.29) is 24.7 Å². The second kappa shape index (κ2) is 10.4. The molecule has 0 bridgehead atoms. The molecule has 2 fully saturated rings. The number of hydrogen-bond acceptors (Lipinski definition) is 7. The van der Waals surface area contributed by atoms with E-state index in [1.54, 1.807) is 6.07 Å². The van der Waals surface area contributed by atoms with Crippen molar-refractivity contribution in [1.29, 1.82) is 0 Å². The van der Waals surface area contributed by atoms with Crippen LogP contribution in [0, 0.1) is 0 Å². The van der Waals surface area contributed by atoms with E-state index in [1.807, 2.05) is 0 Å². The fraction of sp³-hybridized carbons (Fsp3) is 0.571. The molecule has 0 saturated carbocycles. The molecule has 2 unspecified atom stereocenters. The molecule has 21 heavy (non-hydrogen) atoms. The number of epoxide rings is 2. The standard InChI is InChI=1S/C6H10O3.C6H6O2.C2H6O2/c1(5-3-8-5)7-2-6-4-9-6;7-5-2-1-3-6(8)4-5;3-1-2-4/h5-6H,1-4H2;1-4,7-8H;3-4H,1-2H2. The first-order valence-electron chi connectivity index (χ1n) is 6.66. The monoisotopic (exact) mass is 302 g/mol. The van der Waals surface area contributed by atoms with Gasteiger partial charge in [-0.1, -0.05) is 6.07 Å².